The van der Waals surface area contributed by atoms with Crippen LogP contribution in [0.3, 0.4) is 0 Å². The van der Waals surface area contributed by atoms with Crippen molar-refractivity contribution < 1.29 is 14.1 Å². The lowest BCUT2D eigenvalue weighted by Gasteiger charge is -2.36. The molecule has 148 valence electrons. The van der Waals surface area contributed by atoms with E-state index in [1.54, 1.807) is 6.07 Å². The van der Waals surface area contributed by atoms with Gasteiger partial charge in [-0.05, 0) is 17.4 Å². The van der Waals surface area contributed by atoms with E-state index in [9.17, 15) is 10.1 Å². The first kappa shape index (κ1) is 19.0. The Hall–Kier alpha value is -3.33. The van der Waals surface area contributed by atoms with E-state index < -0.39 is 5.92 Å². The lowest BCUT2D eigenvalue weighted by molar-refractivity contribution is -0.119. The summed E-state index contributed by atoms with van der Waals surface area (Å²) in [6.07, 6.45) is 1.91. The number of nitriles is 1. The molecule has 1 aromatic carbocycles. The first-order valence-electron chi connectivity index (χ1n) is 9.72. The maximum Gasteiger partial charge on any atom is 0.205 e. The van der Waals surface area contributed by atoms with Crippen molar-refractivity contribution in [1.82, 2.24) is 5.16 Å². The number of carbonyl (C=O) groups is 1. The van der Waals surface area contributed by atoms with Crippen LogP contribution in [0.4, 0.5) is 0 Å². The van der Waals surface area contributed by atoms with Crippen molar-refractivity contribution in [2.75, 3.05) is 0 Å². The molecule has 1 aromatic heterocycles. The third-order valence-electron chi connectivity index (χ3n) is 5.55. The molecule has 2 N–H and O–H groups in total. The van der Waals surface area contributed by atoms with Crippen molar-refractivity contribution in [1.29, 1.82) is 5.26 Å². The summed E-state index contributed by atoms with van der Waals surface area (Å²) in [5.41, 5.74) is 9.08. The molecule has 6 heteroatoms. The number of aryl methyl sites for hydroxylation is 1. The third kappa shape index (κ3) is 3.33. The van der Waals surface area contributed by atoms with Crippen LogP contribution in [0.15, 0.2) is 57.6 Å². The molecule has 0 bridgehead atoms. The third-order valence-corrected chi connectivity index (χ3v) is 5.55. The van der Waals surface area contributed by atoms with E-state index in [1.165, 1.54) is 5.56 Å². The fourth-order valence-corrected chi connectivity index (χ4v) is 4.05. The molecule has 2 aliphatic rings. The Balaban J connectivity index is 1.78. The van der Waals surface area contributed by atoms with Gasteiger partial charge in [-0.3, -0.25) is 4.79 Å². The number of ketones is 1. The monoisotopic (exact) mass is 389 g/mol. The van der Waals surface area contributed by atoms with Crippen LogP contribution in [-0.2, 0) is 16.0 Å². The maximum atomic E-state index is 13.0. The number of benzene rings is 1. The van der Waals surface area contributed by atoms with Gasteiger partial charge >= 0.3 is 0 Å². The van der Waals surface area contributed by atoms with Gasteiger partial charge in [-0.15, -0.1) is 0 Å². The minimum absolute atomic E-state index is 0.0265. The number of aromatic nitrogens is 1. The van der Waals surface area contributed by atoms with Crippen LogP contribution in [0.2, 0.25) is 0 Å². The number of hydrogen-bond donors (Lipinski definition) is 1. The van der Waals surface area contributed by atoms with Crippen LogP contribution in [0.5, 0.6) is 0 Å². The molecule has 1 atom stereocenters. The molecule has 4 rings (SSSR count). The zero-order valence-electron chi connectivity index (χ0n) is 16.8. The molecule has 1 aliphatic carbocycles. The summed E-state index contributed by atoms with van der Waals surface area (Å²) >= 11 is 0. The predicted molar refractivity (Wildman–Crippen MR) is 107 cm³/mol. The number of nitrogens with two attached hydrogens (primary N) is 1. The Kier molecular flexibility index (Phi) is 4.54. The smallest absolute Gasteiger partial charge is 0.205 e. The number of nitrogens with zero attached hydrogens (tertiary/aromatic N) is 2. The second-order valence-corrected chi connectivity index (χ2v) is 8.37. The summed E-state index contributed by atoms with van der Waals surface area (Å²) in [4.78, 5) is 13.0. The number of Topliss-reactive ketones (excluding diaryl/α,β-unsaturated/α-hetero) is 1. The van der Waals surface area contributed by atoms with Crippen LogP contribution < -0.4 is 5.73 Å². The van der Waals surface area contributed by atoms with E-state index in [-0.39, 0.29) is 22.7 Å². The maximum absolute atomic E-state index is 13.0. The summed E-state index contributed by atoms with van der Waals surface area (Å²) in [6, 6.07) is 11.9. The van der Waals surface area contributed by atoms with Crippen LogP contribution in [0, 0.1) is 16.7 Å². The Bertz CT molecular complexity index is 1080. The molecular weight excluding hydrogens is 366 g/mol. The largest absolute Gasteiger partial charge is 0.444 e. The van der Waals surface area contributed by atoms with E-state index in [2.05, 4.69) is 18.1 Å². The van der Waals surface area contributed by atoms with E-state index >= 15 is 0 Å². The van der Waals surface area contributed by atoms with Crippen LogP contribution in [0.25, 0.3) is 11.3 Å². The molecule has 29 heavy (non-hydrogen) atoms. The van der Waals surface area contributed by atoms with Gasteiger partial charge in [0.1, 0.15) is 17.4 Å². The van der Waals surface area contributed by atoms with Gasteiger partial charge in [-0.25, -0.2) is 0 Å². The van der Waals surface area contributed by atoms with E-state index in [0.717, 1.165) is 12.0 Å². The van der Waals surface area contributed by atoms with Crippen LogP contribution >= 0.6 is 0 Å². The second-order valence-electron chi connectivity index (χ2n) is 8.37. The average Bonchev–Trinajstić information content (AvgIpc) is 3.15. The average molecular weight is 389 g/mol. The van der Waals surface area contributed by atoms with Crippen LogP contribution in [0.1, 0.15) is 50.8 Å². The fraction of sp³-hybridized carbons (Fsp3) is 0.348. The molecular formula is C23H23N3O3. The minimum Gasteiger partial charge on any atom is -0.444 e. The summed E-state index contributed by atoms with van der Waals surface area (Å²) in [7, 11) is 0. The first-order chi connectivity index (χ1) is 13.8. The molecule has 0 fully saturated rings. The van der Waals surface area contributed by atoms with E-state index in [0.29, 0.717) is 35.6 Å². The number of allylic oxidation sites excluding steroid dienone is 3. The topological polar surface area (TPSA) is 102 Å². The van der Waals surface area contributed by atoms with Gasteiger partial charge in [0.25, 0.3) is 0 Å². The van der Waals surface area contributed by atoms with Crippen molar-refractivity contribution in [2.45, 2.75) is 46.0 Å². The molecule has 1 aliphatic heterocycles. The molecule has 2 heterocycles. The van der Waals surface area contributed by atoms with Gasteiger partial charge in [0.15, 0.2) is 11.5 Å². The highest BCUT2D eigenvalue weighted by molar-refractivity contribution is 6.00. The fourth-order valence-electron chi connectivity index (χ4n) is 4.05. The van der Waals surface area contributed by atoms with Gasteiger partial charge in [0.2, 0.25) is 5.88 Å². The van der Waals surface area contributed by atoms with Gasteiger partial charge in [0, 0.05) is 30.0 Å². The molecule has 0 amide bonds. The van der Waals surface area contributed by atoms with Gasteiger partial charge < -0.3 is 15.0 Å². The van der Waals surface area contributed by atoms with Gasteiger partial charge in [-0.1, -0.05) is 50.2 Å². The van der Waals surface area contributed by atoms with E-state index in [1.807, 2.05) is 38.1 Å². The molecule has 0 saturated heterocycles. The molecule has 0 radical (unpaired) electrons. The Labute approximate surface area is 169 Å². The molecule has 0 saturated carbocycles. The highest BCUT2D eigenvalue weighted by Crippen LogP contribution is 2.47. The van der Waals surface area contributed by atoms with E-state index in [4.69, 9.17) is 15.0 Å². The molecule has 2 aromatic rings. The number of carbonyl (C=O) groups excluding carboxylic acids is 1. The summed E-state index contributed by atoms with van der Waals surface area (Å²) in [5, 5.41) is 13.9. The molecule has 0 spiro atoms. The molecule has 1 unspecified atom stereocenters. The zero-order chi connectivity index (χ0) is 20.8. The van der Waals surface area contributed by atoms with Crippen molar-refractivity contribution in [3.63, 3.8) is 0 Å². The SMILES string of the molecule is CCc1ccc(-c2cc(C3C(C#N)=C(N)OC4=C3C(=O)CC(C)(C)C4)no2)cc1. The Morgan fingerprint density at radius 1 is 1.28 bits per heavy atom. The quantitative estimate of drug-likeness (QED) is 0.837. The summed E-state index contributed by atoms with van der Waals surface area (Å²) in [6.45, 7) is 6.13. The lowest BCUT2D eigenvalue weighted by Crippen LogP contribution is -2.33. The normalized spacial score (nSPS) is 20.9. The Morgan fingerprint density at radius 2 is 2.00 bits per heavy atom. The second kappa shape index (κ2) is 6.93. The van der Waals surface area contributed by atoms with Crippen molar-refractivity contribution in [3.8, 4) is 17.4 Å². The summed E-state index contributed by atoms with van der Waals surface area (Å²) in [5.74, 6) is 0.428. The number of ether oxygens (including phenoxy) is 1. The molecule has 6 nitrogen and oxygen atoms in total. The van der Waals surface area contributed by atoms with Crippen molar-refractivity contribution in [2.24, 2.45) is 11.1 Å². The highest BCUT2D eigenvalue weighted by Gasteiger charge is 2.44. The lowest BCUT2D eigenvalue weighted by atomic mass is 9.71. The first-order valence-corrected chi connectivity index (χ1v) is 9.72. The number of hydrogen-bond acceptors (Lipinski definition) is 6. The van der Waals surface area contributed by atoms with Crippen molar-refractivity contribution in [3.05, 3.63) is 64.4 Å². The minimum atomic E-state index is -0.667. The van der Waals surface area contributed by atoms with Gasteiger partial charge in [0.05, 0.1) is 11.6 Å². The zero-order valence-corrected chi connectivity index (χ0v) is 16.8. The Morgan fingerprint density at radius 3 is 2.66 bits per heavy atom. The van der Waals surface area contributed by atoms with Gasteiger partial charge in [-0.2, -0.15) is 5.26 Å². The van der Waals surface area contributed by atoms with Crippen LogP contribution in [-0.4, -0.2) is 10.9 Å². The van der Waals surface area contributed by atoms with Crippen molar-refractivity contribution >= 4 is 5.78 Å². The highest BCUT2D eigenvalue weighted by atomic mass is 16.5. The predicted octanol–water partition coefficient (Wildman–Crippen LogP) is 4.35. The summed E-state index contributed by atoms with van der Waals surface area (Å²) < 4.78 is 11.3. The standard InChI is InChI=1S/C23H23N3O3/c1-4-13-5-7-14(8-6-13)18-9-16(26-29-18)20-15(12-24)22(25)28-19-11-23(2,3)10-17(27)21(19)20/h5-9,20H,4,10-11,25H2,1-3H3. The number of rotatable bonds is 3.